The summed E-state index contributed by atoms with van der Waals surface area (Å²) in [6, 6.07) is 0.708. The molecule has 19 heavy (non-hydrogen) atoms. The van der Waals surface area contributed by atoms with Gasteiger partial charge in [-0.25, -0.2) is 4.68 Å². The molecule has 2 N–H and O–H groups in total. The lowest BCUT2D eigenvalue weighted by atomic mass is 10.3. The predicted molar refractivity (Wildman–Crippen MR) is 72.9 cm³/mol. The van der Waals surface area contributed by atoms with Crippen molar-refractivity contribution in [2.75, 3.05) is 19.3 Å². The number of amides is 1. The van der Waals surface area contributed by atoms with Crippen LogP contribution in [0.5, 0.6) is 0 Å². The van der Waals surface area contributed by atoms with Gasteiger partial charge in [-0.2, -0.15) is 0 Å². The molecular formula is C11H20N6OS. The Morgan fingerprint density at radius 1 is 1.53 bits per heavy atom. The molecule has 1 amide bonds. The van der Waals surface area contributed by atoms with E-state index in [1.807, 2.05) is 4.68 Å². The van der Waals surface area contributed by atoms with E-state index in [9.17, 15) is 4.79 Å². The van der Waals surface area contributed by atoms with Crippen molar-refractivity contribution in [3.05, 3.63) is 0 Å². The molecule has 106 valence electrons. The Hall–Kier alpha value is -1.15. The highest BCUT2D eigenvalue weighted by Gasteiger charge is 2.20. The largest absolute Gasteiger partial charge is 0.359 e. The van der Waals surface area contributed by atoms with Crippen LogP contribution in [0.3, 0.4) is 0 Å². The molecule has 1 aliphatic carbocycles. The van der Waals surface area contributed by atoms with Crippen LogP contribution in [-0.2, 0) is 11.3 Å². The summed E-state index contributed by atoms with van der Waals surface area (Å²) >= 11 is 1.60. The summed E-state index contributed by atoms with van der Waals surface area (Å²) in [5.41, 5.74) is 0. The molecule has 1 saturated carbocycles. The first-order valence-corrected chi connectivity index (χ1v) is 7.61. The van der Waals surface area contributed by atoms with Gasteiger partial charge in [0, 0.05) is 31.8 Å². The number of nitrogens with zero attached hydrogens (tertiary/aromatic N) is 4. The summed E-state index contributed by atoms with van der Waals surface area (Å²) in [6.45, 7) is 1.70. The molecule has 1 aromatic heterocycles. The average Bonchev–Trinajstić information content (AvgIpc) is 3.14. The number of carbonyl (C=O) groups is 1. The van der Waals surface area contributed by atoms with E-state index in [-0.39, 0.29) is 5.91 Å². The Labute approximate surface area is 116 Å². The second kappa shape index (κ2) is 7.44. The molecule has 7 nitrogen and oxygen atoms in total. The van der Waals surface area contributed by atoms with Gasteiger partial charge in [0.15, 0.2) is 0 Å². The molecule has 8 heteroatoms. The maximum Gasteiger partial charge on any atom is 0.219 e. The predicted octanol–water partition coefficient (Wildman–Crippen LogP) is 0.0434. The highest BCUT2D eigenvalue weighted by molar-refractivity contribution is 7.99. The zero-order chi connectivity index (χ0) is 13.5. The fourth-order valence-electron chi connectivity index (χ4n) is 1.62. The lowest BCUT2D eigenvalue weighted by Gasteiger charge is -2.05. The first-order valence-electron chi connectivity index (χ1n) is 6.62. The molecule has 0 saturated heterocycles. The highest BCUT2D eigenvalue weighted by atomic mass is 32.2. The summed E-state index contributed by atoms with van der Waals surface area (Å²) in [5, 5.41) is 18.6. The summed E-state index contributed by atoms with van der Waals surface area (Å²) in [7, 11) is 1.66. The van der Waals surface area contributed by atoms with Crippen molar-refractivity contribution >= 4 is 17.7 Å². The van der Waals surface area contributed by atoms with Crippen molar-refractivity contribution in [1.29, 1.82) is 0 Å². The molecule has 0 radical (unpaired) electrons. The lowest BCUT2D eigenvalue weighted by molar-refractivity contribution is -0.120. The molecule has 1 aliphatic rings. The van der Waals surface area contributed by atoms with E-state index in [2.05, 4.69) is 26.2 Å². The number of hydrogen-bond acceptors (Lipinski definition) is 6. The van der Waals surface area contributed by atoms with E-state index < -0.39 is 0 Å². The topological polar surface area (TPSA) is 84.7 Å². The zero-order valence-electron chi connectivity index (χ0n) is 11.1. The molecule has 0 atom stereocenters. The van der Waals surface area contributed by atoms with Gasteiger partial charge in [-0.15, -0.1) is 5.10 Å². The van der Waals surface area contributed by atoms with Crippen LogP contribution < -0.4 is 10.6 Å². The molecule has 1 heterocycles. The Morgan fingerprint density at radius 2 is 2.37 bits per heavy atom. The van der Waals surface area contributed by atoms with E-state index >= 15 is 0 Å². The average molecular weight is 284 g/mol. The van der Waals surface area contributed by atoms with Crippen LogP contribution in [-0.4, -0.2) is 51.5 Å². The van der Waals surface area contributed by atoms with Gasteiger partial charge in [-0.1, -0.05) is 11.8 Å². The van der Waals surface area contributed by atoms with E-state index in [0.717, 1.165) is 30.4 Å². The van der Waals surface area contributed by atoms with Crippen LogP contribution in [0.1, 0.15) is 25.7 Å². The molecule has 0 bridgehead atoms. The summed E-state index contributed by atoms with van der Waals surface area (Å²) in [6.07, 6.45) is 3.96. The number of aromatic nitrogens is 4. The number of rotatable bonds is 9. The quantitative estimate of drug-likeness (QED) is 0.492. The number of tetrazole rings is 1. The number of carbonyl (C=O) groups excluding carboxylic acids is 1. The van der Waals surface area contributed by atoms with Gasteiger partial charge >= 0.3 is 0 Å². The van der Waals surface area contributed by atoms with Gasteiger partial charge in [0.1, 0.15) is 0 Å². The van der Waals surface area contributed by atoms with Crippen LogP contribution in [0.2, 0.25) is 0 Å². The van der Waals surface area contributed by atoms with Crippen molar-refractivity contribution in [2.45, 2.75) is 43.4 Å². The maximum absolute atomic E-state index is 11.1. The molecule has 0 spiro atoms. The van der Waals surface area contributed by atoms with Crippen molar-refractivity contribution in [3.8, 4) is 0 Å². The van der Waals surface area contributed by atoms with E-state index in [4.69, 9.17) is 0 Å². The van der Waals surface area contributed by atoms with Gasteiger partial charge in [-0.05, 0) is 29.7 Å². The maximum atomic E-state index is 11.1. The van der Waals surface area contributed by atoms with Crippen LogP contribution >= 0.6 is 11.8 Å². The van der Waals surface area contributed by atoms with E-state index in [0.29, 0.717) is 12.5 Å². The minimum Gasteiger partial charge on any atom is -0.359 e. The number of nitrogens with one attached hydrogen (secondary N) is 2. The highest BCUT2D eigenvalue weighted by Crippen LogP contribution is 2.18. The Balaban J connectivity index is 1.64. The first-order chi connectivity index (χ1) is 9.29. The standard InChI is InChI=1S/C11H20N6OS/c1-12-10(18)3-2-8-19-11-14-15-16-17(11)7-6-13-9-4-5-9/h9,13H,2-8H2,1H3,(H,12,18). The molecule has 0 unspecified atom stereocenters. The third-order valence-corrected chi connectivity index (χ3v) is 3.93. The smallest absolute Gasteiger partial charge is 0.219 e. The molecule has 0 aromatic carbocycles. The summed E-state index contributed by atoms with van der Waals surface area (Å²) in [5.74, 6) is 0.929. The van der Waals surface area contributed by atoms with Crippen molar-refractivity contribution in [1.82, 2.24) is 30.8 Å². The van der Waals surface area contributed by atoms with Gasteiger partial charge in [-0.3, -0.25) is 4.79 Å². The van der Waals surface area contributed by atoms with Gasteiger partial charge in [0.2, 0.25) is 11.1 Å². The molecular weight excluding hydrogens is 264 g/mol. The first kappa shape index (κ1) is 14.3. The van der Waals surface area contributed by atoms with Crippen LogP contribution in [0, 0.1) is 0 Å². The van der Waals surface area contributed by atoms with Gasteiger partial charge in [0.05, 0.1) is 6.54 Å². The van der Waals surface area contributed by atoms with Crippen molar-refractivity contribution < 1.29 is 4.79 Å². The third kappa shape index (κ3) is 5.15. The third-order valence-electron chi connectivity index (χ3n) is 2.89. The minimum atomic E-state index is 0.0776. The number of thioether (sulfide) groups is 1. The van der Waals surface area contributed by atoms with Crippen molar-refractivity contribution in [3.63, 3.8) is 0 Å². The fourth-order valence-corrected chi connectivity index (χ4v) is 2.47. The van der Waals surface area contributed by atoms with Crippen LogP contribution in [0.4, 0.5) is 0 Å². The SMILES string of the molecule is CNC(=O)CCCSc1nnnn1CCNC1CC1. The van der Waals surface area contributed by atoms with Gasteiger partial charge < -0.3 is 10.6 Å². The van der Waals surface area contributed by atoms with E-state index in [1.54, 1.807) is 18.8 Å². The summed E-state index contributed by atoms with van der Waals surface area (Å²) < 4.78 is 1.82. The number of hydrogen-bond donors (Lipinski definition) is 2. The molecule has 1 fully saturated rings. The Kier molecular flexibility index (Phi) is 5.59. The molecule has 0 aliphatic heterocycles. The molecule has 2 rings (SSSR count). The fraction of sp³-hybridized carbons (Fsp3) is 0.818. The monoisotopic (exact) mass is 284 g/mol. The normalized spacial score (nSPS) is 14.6. The Morgan fingerprint density at radius 3 is 3.11 bits per heavy atom. The van der Waals surface area contributed by atoms with Gasteiger partial charge in [0.25, 0.3) is 0 Å². The second-order valence-electron chi connectivity index (χ2n) is 4.54. The van der Waals surface area contributed by atoms with Crippen LogP contribution in [0.25, 0.3) is 0 Å². The molecule has 1 aromatic rings. The lowest BCUT2D eigenvalue weighted by Crippen LogP contribution is -2.22. The second-order valence-corrected chi connectivity index (χ2v) is 5.60. The van der Waals surface area contributed by atoms with Crippen molar-refractivity contribution in [2.24, 2.45) is 0 Å². The van der Waals surface area contributed by atoms with E-state index in [1.165, 1.54) is 12.8 Å². The zero-order valence-corrected chi connectivity index (χ0v) is 11.9. The summed E-state index contributed by atoms with van der Waals surface area (Å²) in [4.78, 5) is 11.1. The minimum absolute atomic E-state index is 0.0776. The Bertz CT molecular complexity index is 406. The van der Waals surface area contributed by atoms with Crippen LogP contribution in [0.15, 0.2) is 5.16 Å².